The van der Waals surface area contributed by atoms with Crippen LogP contribution in [-0.2, 0) is 24.0 Å². The number of hydrogen-bond donors (Lipinski definition) is 9. The summed E-state index contributed by atoms with van der Waals surface area (Å²) in [6, 6.07) is -5.23. The molecule has 15 nitrogen and oxygen atoms in total. The molecule has 3 amide bonds. The first-order valence-corrected chi connectivity index (χ1v) is 10.1. The van der Waals surface area contributed by atoms with Gasteiger partial charge in [-0.3, -0.25) is 24.2 Å². The lowest BCUT2D eigenvalue weighted by Gasteiger charge is -2.26. The van der Waals surface area contributed by atoms with Crippen molar-refractivity contribution in [3.63, 3.8) is 0 Å². The number of nitrogens with zero attached hydrogens (tertiary/aromatic N) is 1. The Labute approximate surface area is 190 Å². The van der Waals surface area contributed by atoms with Gasteiger partial charge >= 0.3 is 11.9 Å². The second-order valence-corrected chi connectivity index (χ2v) is 7.36. The summed E-state index contributed by atoms with van der Waals surface area (Å²) in [6.45, 7) is 2.75. The van der Waals surface area contributed by atoms with Crippen LogP contribution in [0, 0.1) is 0 Å². The molecule has 12 N–H and O–H groups in total. The molecule has 5 unspecified atom stereocenters. The molecule has 0 heterocycles. The number of aliphatic carboxylic acids is 2. The SMILES string of the molecule is CC(N)C(=O)NC(CCCN=C(N)N)C(=O)NC(C(=O)NC(CCC(=O)O)C(=O)O)C(C)O. The van der Waals surface area contributed by atoms with Crippen LogP contribution in [0.2, 0.25) is 0 Å². The van der Waals surface area contributed by atoms with Crippen LogP contribution in [0.1, 0.15) is 39.5 Å². The Balaban J connectivity index is 5.39. The van der Waals surface area contributed by atoms with Crippen molar-refractivity contribution in [2.75, 3.05) is 6.54 Å². The molecule has 5 atom stereocenters. The predicted molar refractivity (Wildman–Crippen MR) is 116 cm³/mol. The van der Waals surface area contributed by atoms with E-state index in [1.165, 1.54) is 13.8 Å². The van der Waals surface area contributed by atoms with Gasteiger partial charge in [-0.1, -0.05) is 0 Å². The van der Waals surface area contributed by atoms with Crippen LogP contribution in [0.5, 0.6) is 0 Å². The third-order valence-electron chi connectivity index (χ3n) is 4.32. The van der Waals surface area contributed by atoms with Gasteiger partial charge in [0.2, 0.25) is 17.7 Å². The molecule has 0 aliphatic carbocycles. The summed E-state index contributed by atoms with van der Waals surface area (Å²) in [7, 11) is 0. The van der Waals surface area contributed by atoms with E-state index < -0.39 is 72.8 Å². The number of rotatable bonds is 15. The third-order valence-corrected chi connectivity index (χ3v) is 4.32. The summed E-state index contributed by atoms with van der Waals surface area (Å²) in [5.74, 6) is -5.43. The molecule has 0 rings (SSSR count). The van der Waals surface area contributed by atoms with Gasteiger partial charge in [0.05, 0.1) is 12.1 Å². The number of amides is 3. The number of guanidine groups is 1. The molecule has 15 heteroatoms. The van der Waals surface area contributed by atoms with E-state index in [0.29, 0.717) is 0 Å². The Kier molecular flexibility index (Phi) is 13.0. The topological polar surface area (TPSA) is 273 Å². The van der Waals surface area contributed by atoms with Gasteiger partial charge in [-0.25, -0.2) is 4.79 Å². The van der Waals surface area contributed by atoms with Crippen molar-refractivity contribution in [2.45, 2.75) is 69.8 Å². The van der Waals surface area contributed by atoms with Crippen LogP contribution in [0.3, 0.4) is 0 Å². The Morgan fingerprint density at radius 1 is 0.879 bits per heavy atom. The zero-order chi connectivity index (χ0) is 25.7. The summed E-state index contributed by atoms with van der Waals surface area (Å²) in [6.07, 6.45) is -2.05. The van der Waals surface area contributed by atoms with Crippen molar-refractivity contribution in [2.24, 2.45) is 22.2 Å². The minimum atomic E-state index is -1.59. The number of carbonyl (C=O) groups excluding carboxylic acids is 3. The van der Waals surface area contributed by atoms with Gasteiger partial charge in [0.25, 0.3) is 0 Å². The molecular formula is C18H33N7O8. The zero-order valence-electron chi connectivity index (χ0n) is 18.5. The quantitative estimate of drug-likeness (QED) is 0.0628. The molecule has 0 bridgehead atoms. The average molecular weight is 476 g/mol. The minimum Gasteiger partial charge on any atom is -0.481 e. The molecule has 33 heavy (non-hydrogen) atoms. The Bertz CT molecular complexity index is 737. The fraction of sp³-hybridized carbons (Fsp3) is 0.667. The van der Waals surface area contributed by atoms with Crippen LogP contribution in [-0.4, -0.2) is 87.8 Å². The zero-order valence-corrected chi connectivity index (χ0v) is 18.5. The van der Waals surface area contributed by atoms with E-state index in [1.54, 1.807) is 0 Å². The lowest BCUT2D eigenvalue weighted by molar-refractivity contribution is -0.144. The van der Waals surface area contributed by atoms with Crippen molar-refractivity contribution in [1.82, 2.24) is 16.0 Å². The number of carboxylic acids is 2. The maximum Gasteiger partial charge on any atom is 0.326 e. The van der Waals surface area contributed by atoms with Gasteiger partial charge in [-0.05, 0) is 33.1 Å². The molecule has 0 saturated heterocycles. The van der Waals surface area contributed by atoms with Crippen molar-refractivity contribution < 1.29 is 39.3 Å². The van der Waals surface area contributed by atoms with Crippen LogP contribution in [0.25, 0.3) is 0 Å². The van der Waals surface area contributed by atoms with E-state index in [0.717, 1.165) is 0 Å². The van der Waals surface area contributed by atoms with Crippen molar-refractivity contribution in [3.8, 4) is 0 Å². The van der Waals surface area contributed by atoms with Gasteiger partial charge in [0.1, 0.15) is 18.1 Å². The molecule has 0 aromatic heterocycles. The number of aliphatic imine (C=N–C) groups is 1. The molecule has 0 radical (unpaired) electrons. The second kappa shape index (κ2) is 14.6. The maximum atomic E-state index is 12.7. The van der Waals surface area contributed by atoms with E-state index in [2.05, 4.69) is 20.9 Å². The highest BCUT2D eigenvalue weighted by atomic mass is 16.4. The summed E-state index contributed by atoms with van der Waals surface area (Å²) < 4.78 is 0. The van der Waals surface area contributed by atoms with Crippen molar-refractivity contribution >= 4 is 35.6 Å². The summed E-state index contributed by atoms with van der Waals surface area (Å²) in [5.41, 5.74) is 16.0. The number of carbonyl (C=O) groups is 5. The van der Waals surface area contributed by atoms with Crippen LogP contribution >= 0.6 is 0 Å². The monoisotopic (exact) mass is 475 g/mol. The molecule has 0 fully saturated rings. The van der Waals surface area contributed by atoms with E-state index in [4.69, 9.17) is 22.3 Å². The minimum absolute atomic E-state index is 0.0611. The first-order valence-electron chi connectivity index (χ1n) is 10.1. The molecular weight excluding hydrogens is 442 g/mol. The van der Waals surface area contributed by atoms with E-state index in [1.807, 2.05) is 0 Å². The molecule has 0 aromatic rings. The van der Waals surface area contributed by atoms with E-state index in [9.17, 15) is 34.2 Å². The summed E-state index contributed by atoms with van der Waals surface area (Å²) >= 11 is 0. The number of carboxylic acid groups (broad SMARTS) is 2. The molecule has 0 aliphatic heterocycles. The number of aliphatic hydroxyl groups is 1. The highest BCUT2D eigenvalue weighted by Gasteiger charge is 2.32. The predicted octanol–water partition coefficient (Wildman–Crippen LogP) is -3.83. The second-order valence-electron chi connectivity index (χ2n) is 7.36. The Morgan fingerprint density at radius 2 is 1.45 bits per heavy atom. The highest BCUT2D eigenvalue weighted by Crippen LogP contribution is 2.04. The lowest BCUT2D eigenvalue weighted by atomic mass is 10.1. The van der Waals surface area contributed by atoms with Crippen molar-refractivity contribution in [3.05, 3.63) is 0 Å². The third kappa shape index (κ3) is 12.2. The fourth-order valence-corrected chi connectivity index (χ4v) is 2.52. The van der Waals surface area contributed by atoms with Crippen molar-refractivity contribution in [1.29, 1.82) is 0 Å². The smallest absolute Gasteiger partial charge is 0.326 e. The lowest BCUT2D eigenvalue weighted by Crippen LogP contribution is -2.59. The van der Waals surface area contributed by atoms with Gasteiger partial charge in [0, 0.05) is 13.0 Å². The normalized spacial score (nSPS) is 15.2. The van der Waals surface area contributed by atoms with Gasteiger partial charge in [0.15, 0.2) is 5.96 Å². The maximum absolute atomic E-state index is 12.7. The number of hydrogen-bond acceptors (Lipinski definition) is 8. The largest absolute Gasteiger partial charge is 0.481 e. The molecule has 0 aliphatic rings. The molecule has 0 saturated carbocycles. The first-order chi connectivity index (χ1) is 15.3. The average Bonchev–Trinajstić information content (AvgIpc) is 2.69. The van der Waals surface area contributed by atoms with Crippen LogP contribution < -0.4 is 33.2 Å². The molecule has 0 spiro atoms. The van der Waals surface area contributed by atoms with Crippen LogP contribution in [0.4, 0.5) is 0 Å². The fourth-order valence-electron chi connectivity index (χ4n) is 2.52. The first kappa shape index (κ1) is 29.5. The van der Waals surface area contributed by atoms with Gasteiger partial charge in [-0.2, -0.15) is 0 Å². The molecule has 0 aromatic carbocycles. The Hall–Kier alpha value is -3.46. The van der Waals surface area contributed by atoms with E-state index >= 15 is 0 Å². The van der Waals surface area contributed by atoms with Gasteiger partial charge < -0.3 is 48.5 Å². The standard InChI is InChI=1S/C18H33N7O8/c1-8(19)14(29)23-10(4-3-7-22-18(20)21)15(30)25-13(9(2)26)16(31)24-11(17(32)33)5-6-12(27)28/h8-11,13,26H,3-7,19H2,1-2H3,(H,23,29)(H,24,31)(H,25,30)(H,27,28)(H,32,33)(H4,20,21,22). The molecule has 188 valence electrons. The number of aliphatic hydroxyl groups excluding tert-OH is 1. The number of nitrogens with two attached hydrogens (primary N) is 3. The number of nitrogens with one attached hydrogen (secondary N) is 3. The summed E-state index contributed by atoms with van der Waals surface area (Å²) in [5, 5.41) is 34.6. The van der Waals surface area contributed by atoms with Crippen LogP contribution in [0.15, 0.2) is 4.99 Å². The van der Waals surface area contributed by atoms with Gasteiger partial charge in [-0.15, -0.1) is 0 Å². The Morgan fingerprint density at radius 3 is 1.91 bits per heavy atom. The highest BCUT2D eigenvalue weighted by molar-refractivity contribution is 5.94. The summed E-state index contributed by atoms with van der Waals surface area (Å²) in [4.78, 5) is 63.0. The van der Waals surface area contributed by atoms with E-state index in [-0.39, 0.29) is 25.3 Å².